The van der Waals surface area contributed by atoms with Gasteiger partial charge >= 0.3 is 0 Å². The zero-order valence-electron chi connectivity index (χ0n) is 10.9. The molecular weight excluding hydrogens is 212 g/mol. The minimum absolute atomic E-state index is 0.300. The molecule has 1 aliphatic rings. The largest absolute Gasteiger partial charge is 0.474 e. The number of piperidine rings is 1. The third kappa shape index (κ3) is 3.19. The Hall–Kier alpha value is -1.09. The number of hydrogen-bond acceptors (Lipinski definition) is 3. The van der Waals surface area contributed by atoms with Gasteiger partial charge in [0.15, 0.2) is 0 Å². The first kappa shape index (κ1) is 12.4. The predicted molar refractivity (Wildman–Crippen MR) is 69.4 cm³/mol. The van der Waals surface area contributed by atoms with Crippen LogP contribution in [-0.2, 0) is 0 Å². The van der Waals surface area contributed by atoms with Crippen molar-refractivity contribution in [2.24, 2.45) is 5.92 Å². The van der Waals surface area contributed by atoms with Gasteiger partial charge in [0.25, 0.3) is 0 Å². The van der Waals surface area contributed by atoms with E-state index in [4.69, 9.17) is 4.74 Å². The third-order valence-electron chi connectivity index (χ3n) is 3.40. The van der Waals surface area contributed by atoms with Crippen molar-refractivity contribution >= 4 is 0 Å². The summed E-state index contributed by atoms with van der Waals surface area (Å²) in [4.78, 5) is 4.39. The van der Waals surface area contributed by atoms with Crippen molar-refractivity contribution in [1.29, 1.82) is 0 Å². The van der Waals surface area contributed by atoms with Crippen LogP contribution in [0.2, 0.25) is 0 Å². The Morgan fingerprint density at radius 1 is 1.41 bits per heavy atom. The second-order valence-corrected chi connectivity index (χ2v) is 5.21. The van der Waals surface area contributed by atoms with Gasteiger partial charge in [0.2, 0.25) is 5.88 Å². The molecule has 0 spiro atoms. The Bertz CT molecular complexity index is 348. The van der Waals surface area contributed by atoms with Gasteiger partial charge in [-0.1, -0.05) is 26.8 Å². The lowest BCUT2D eigenvalue weighted by Crippen LogP contribution is -2.41. The fourth-order valence-electron chi connectivity index (χ4n) is 2.12. The van der Waals surface area contributed by atoms with Crippen LogP contribution in [0.4, 0.5) is 0 Å². The van der Waals surface area contributed by atoms with E-state index < -0.39 is 0 Å². The van der Waals surface area contributed by atoms with E-state index >= 15 is 0 Å². The van der Waals surface area contributed by atoms with E-state index in [1.807, 2.05) is 12.3 Å². The number of rotatable bonds is 3. The first-order chi connectivity index (χ1) is 8.16. The highest BCUT2D eigenvalue weighted by molar-refractivity contribution is 5.20. The Morgan fingerprint density at radius 3 is 2.82 bits per heavy atom. The summed E-state index contributed by atoms with van der Waals surface area (Å²) < 4.78 is 5.95. The summed E-state index contributed by atoms with van der Waals surface area (Å²) in [7, 11) is 0. The SMILES string of the molecule is CC(C)c1ccc(OC2CCNCC2C)nc1. The van der Waals surface area contributed by atoms with Crippen LogP contribution in [0.5, 0.6) is 5.88 Å². The van der Waals surface area contributed by atoms with E-state index in [1.165, 1.54) is 5.56 Å². The fraction of sp³-hybridized carbons (Fsp3) is 0.643. The van der Waals surface area contributed by atoms with Crippen LogP contribution >= 0.6 is 0 Å². The Balaban J connectivity index is 1.98. The Kier molecular flexibility index (Phi) is 4.00. The van der Waals surface area contributed by atoms with Crippen molar-refractivity contribution in [3.8, 4) is 5.88 Å². The molecule has 3 nitrogen and oxygen atoms in total. The first-order valence-corrected chi connectivity index (χ1v) is 6.50. The van der Waals surface area contributed by atoms with Crippen molar-refractivity contribution < 1.29 is 4.74 Å². The number of pyridine rings is 1. The maximum absolute atomic E-state index is 5.95. The van der Waals surface area contributed by atoms with Gasteiger partial charge in [-0.2, -0.15) is 0 Å². The van der Waals surface area contributed by atoms with Crippen LogP contribution in [0.25, 0.3) is 0 Å². The summed E-state index contributed by atoms with van der Waals surface area (Å²) in [6, 6.07) is 4.10. The molecule has 0 radical (unpaired) electrons. The van der Waals surface area contributed by atoms with Gasteiger partial charge in [-0.25, -0.2) is 4.98 Å². The van der Waals surface area contributed by atoms with Crippen molar-refractivity contribution in [1.82, 2.24) is 10.3 Å². The van der Waals surface area contributed by atoms with Crippen LogP contribution < -0.4 is 10.1 Å². The van der Waals surface area contributed by atoms with Crippen LogP contribution in [0, 0.1) is 5.92 Å². The highest BCUT2D eigenvalue weighted by atomic mass is 16.5. The lowest BCUT2D eigenvalue weighted by molar-refractivity contribution is 0.107. The normalized spacial score (nSPS) is 24.9. The summed E-state index contributed by atoms with van der Waals surface area (Å²) >= 11 is 0. The first-order valence-electron chi connectivity index (χ1n) is 6.50. The van der Waals surface area contributed by atoms with Gasteiger partial charge < -0.3 is 10.1 Å². The lowest BCUT2D eigenvalue weighted by Gasteiger charge is -2.29. The Labute approximate surface area is 104 Å². The molecule has 2 heterocycles. The maximum Gasteiger partial charge on any atom is 0.213 e. The average Bonchev–Trinajstić information content (AvgIpc) is 2.33. The second kappa shape index (κ2) is 5.50. The number of aromatic nitrogens is 1. The number of nitrogens with one attached hydrogen (secondary N) is 1. The van der Waals surface area contributed by atoms with E-state index in [1.54, 1.807) is 0 Å². The number of hydrogen-bond donors (Lipinski definition) is 1. The molecule has 3 heteroatoms. The van der Waals surface area contributed by atoms with E-state index in [9.17, 15) is 0 Å². The second-order valence-electron chi connectivity index (χ2n) is 5.21. The monoisotopic (exact) mass is 234 g/mol. The van der Waals surface area contributed by atoms with E-state index in [-0.39, 0.29) is 0 Å². The van der Waals surface area contributed by atoms with Crippen molar-refractivity contribution in [3.63, 3.8) is 0 Å². The summed E-state index contributed by atoms with van der Waals surface area (Å²) in [6.45, 7) is 8.64. The molecule has 0 amide bonds. The number of ether oxygens (including phenoxy) is 1. The zero-order chi connectivity index (χ0) is 12.3. The van der Waals surface area contributed by atoms with Crippen LogP contribution in [0.1, 0.15) is 38.7 Å². The summed E-state index contributed by atoms with van der Waals surface area (Å²) in [6.07, 6.45) is 3.29. The van der Waals surface area contributed by atoms with E-state index in [2.05, 4.69) is 37.1 Å². The molecule has 1 aromatic rings. The molecule has 2 unspecified atom stereocenters. The van der Waals surface area contributed by atoms with E-state index in [0.29, 0.717) is 17.9 Å². The molecular formula is C14H22N2O. The van der Waals surface area contributed by atoms with Gasteiger partial charge in [0.1, 0.15) is 6.10 Å². The molecule has 17 heavy (non-hydrogen) atoms. The molecule has 0 saturated carbocycles. The molecule has 0 aromatic carbocycles. The predicted octanol–water partition coefficient (Wildman–Crippen LogP) is 2.58. The van der Waals surface area contributed by atoms with Gasteiger partial charge in [0, 0.05) is 24.7 Å². The molecule has 1 aromatic heterocycles. The summed E-state index contributed by atoms with van der Waals surface area (Å²) in [5, 5.41) is 3.37. The number of nitrogens with zero attached hydrogens (tertiary/aromatic N) is 1. The third-order valence-corrected chi connectivity index (χ3v) is 3.40. The molecule has 1 fully saturated rings. The van der Waals surface area contributed by atoms with Crippen LogP contribution in [0.3, 0.4) is 0 Å². The van der Waals surface area contributed by atoms with Crippen molar-refractivity contribution in [2.45, 2.75) is 39.2 Å². The summed E-state index contributed by atoms with van der Waals surface area (Å²) in [5.41, 5.74) is 1.26. The van der Waals surface area contributed by atoms with Crippen molar-refractivity contribution in [2.75, 3.05) is 13.1 Å². The van der Waals surface area contributed by atoms with Crippen LogP contribution in [-0.4, -0.2) is 24.2 Å². The minimum Gasteiger partial charge on any atom is -0.474 e. The molecule has 0 bridgehead atoms. The molecule has 0 aliphatic carbocycles. The standard InChI is InChI=1S/C14H22N2O/c1-10(2)12-4-5-14(16-9-12)17-13-6-7-15-8-11(13)3/h4-5,9-11,13,15H,6-8H2,1-3H3. The molecule has 94 valence electrons. The van der Waals surface area contributed by atoms with Gasteiger partial charge in [-0.3, -0.25) is 0 Å². The average molecular weight is 234 g/mol. The lowest BCUT2D eigenvalue weighted by atomic mass is 9.98. The topological polar surface area (TPSA) is 34.1 Å². The van der Waals surface area contributed by atoms with Gasteiger partial charge in [-0.05, 0) is 24.4 Å². The minimum atomic E-state index is 0.300. The fourth-order valence-corrected chi connectivity index (χ4v) is 2.12. The van der Waals surface area contributed by atoms with Gasteiger partial charge in [-0.15, -0.1) is 0 Å². The molecule has 1 N–H and O–H groups in total. The highest BCUT2D eigenvalue weighted by Crippen LogP contribution is 2.20. The Morgan fingerprint density at radius 2 is 2.24 bits per heavy atom. The zero-order valence-corrected chi connectivity index (χ0v) is 10.9. The van der Waals surface area contributed by atoms with Crippen molar-refractivity contribution in [3.05, 3.63) is 23.9 Å². The highest BCUT2D eigenvalue weighted by Gasteiger charge is 2.22. The molecule has 1 aliphatic heterocycles. The van der Waals surface area contributed by atoms with Gasteiger partial charge in [0.05, 0.1) is 0 Å². The maximum atomic E-state index is 5.95. The molecule has 1 saturated heterocycles. The van der Waals surface area contributed by atoms with Crippen LogP contribution in [0.15, 0.2) is 18.3 Å². The summed E-state index contributed by atoms with van der Waals surface area (Å²) in [5.74, 6) is 1.83. The molecule has 2 rings (SSSR count). The molecule has 2 atom stereocenters. The van der Waals surface area contributed by atoms with E-state index in [0.717, 1.165) is 25.4 Å². The smallest absolute Gasteiger partial charge is 0.213 e. The quantitative estimate of drug-likeness (QED) is 0.873.